The minimum absolute atomic E-state index is 0. The molecule has 0 aromatic rings. The third-order valence-corrected chi connectivity index (χ3v) is 0. The van der Waals surface area contributed by atoms with Gasteiger partial charge in [0.05, 0.1) is 0 Å². The fourth-order valence-corrected chi connectivity index (χ4v) is 0. The van der Waals surface area contributed by atoms with Crippen LogP contribution in [0, 0.1) is 0 Å². The number of carbonyl (C=O) groups is 1. The fraction of sp³-hybridized carbons (Fsp3) is 0. The second kappa shape index (κ2) is 15.7. The molecule has 0 radical (unpaired) electrons. The normalized spacial score (nSPS) is 3.43. The van der Waals surface area contributed by atoms with Gasteiger partial charge in [0.1, 0.15) is 0 Å². The first-order chi connectivity index (χ1) is 1.73. The standard InChI is InChI=1S/CH2O3.Li.2Na.H/c2-1(3)4;;;;/h(H2,2,3,4);;;;/q;+1;;+1;/p-2. The molecule has 0 atom stereocenters. The van der Waals surface area contributed by atoms with Crippen molar-refractivity contribution in [3.63, 3.8) is 0 Å². The summed E-state index contributed by atoms with van der Waals surface area (Å²) in [6.45, 7) is 0. The first-order valence-electron chi connectivity index (χ1n) is 0.612. The summed E-state index contributed by atoms with van der Waals surface area (Å²) >= 11 is 0. The van der Waals surface area contributed by atoms with Crippen molar-refractivity contribution in [3.05, 3.63) is 0 Å². The van der Waals surface area contributed by atoms with Gasteiger partial charge in [-0.25, -0.2) is 0 Å². The van der Waals surface area contributed by atoms with Crippen LogP contribution in [0.2, 0.25) is 0 Å². The van der Waals surface area contributed by atoms with Gasteiger partial charge in [0.15, 0.2) is 0 Å². The van der Waals surface area contributed by atoms with E-state index in [1.54, 1.807) is 0 Å². The Labute approximate surface area is 97.6 Å². The van der Waals surface area contributed by atoms with Crippen molar-refractivity contribution in [2.75, 3.05) is 0 Å². The molecule has 0 rings (SSSR count). The number of rotatable bonds is 0. The van der Waals surface area contributed by atoms with E-state index in [1.807, 2.05) is 0 Å². The summed E-state index contributed by atoms with van der Waals surface area (Å²) in [6.07, 6.45) is -2.33. The summed E-state index contributed by atoms with van der Waals surface area (Å²) in [5, 5.41) is 16.7. The van der Waals surface area contributed by atoms with Crippen LogP contribution in [0.4, 0.5) is 4.79 Å². The van der Waals surface area contributed by atoms with Gasteiger partial charge in [-0.05, 0) is 6.16 Å². The van der Waals surface area contributed by atoms with Crippen molar-refractivity contribution in [3.8, 4) is 0 Å². The average molecular weight is 114 g/mol. The quantitative estimate of drug-likeness (QED) is 0.294. The van der Waals surface area contributed by atoms with E-state index in [0.717, 1.165) is 0 Å². The van der Waals surface area contributed by atoms with Crippen LogP contribution in [-0.2, 0) is 0 Å². The first kappa shape index (κ1) is 23.2. The van der Waals surface area contributed by atoms with E-state index < -0.39 is 6.16 Å². The molecular formula is CHLiNa2O3. The molecule has 0 aliphatic heterocycles. The van der Waals surface area contributed by atoms with Crippen molar-refractivity contribution in [2.24, 2.45) is 0 Å². The predicted molar refractivity (Wildman–Crippen MR) is 12.5 cm³/mol. The van der Waals surface area contributed by atoms with Crippen molar-refractivity contribution in [1.29, 1.82) is 0 Å². The number of hydrogen-bond donors (Lipinski definition) is 0. The summed E-state index contributed by atoms with van der Waals surface area (Å²) in [5.74, 6) is 0. The fourth-order valence-electron chi connectivity index (χ4n) is 0. The summed E-state index contributed by atoms with van der Waals surface area (Å²) in [4.78, 5) is 8.33. The van der Waals surface area contributed by atoms with Crippen molar-refractivity contribution < 1.29 is 63.4 Å². The van der Waals surface area contributed by atoms with Crippen molar-refractivity contribution in [1.82, 2.24) is 0 Å². The van der Waals surface area contributed by atoms with E-state index in [9.17, 15) is 0 Å². The Kier molecular flexibility index (Phi) is 51.8. The third kappa shape index (κ3) is 77.7. The Hall–Kier alpha value is 1.87. The number of carbonyl (C=O) groups excluding carboxylic acids is 1. The molecule has 0 unspecified atom stereocenters. The van der Waals surface area contributed by atoms with Crippen LogP contribution < -0.4 is 58.6 Å². The zero-order valence-electron chi connectivity index (χ0n) is 3.72. The van der Waals surface area contributed by atoms with Gasteiger partial charge in [0.2, 0.25) is 0 Å². The minimum atomic E-state index is -2.33. The van der Waals surface area contributed by atoms with E-state index in [2.05, 4.69) is 0 Å². The van der Waals surface area contributed by atoms with Crippen LogP contribution in [0.5, 0.6) is 0 Å². The zero-order valence-corrected chi connectivity index (χ0v) is 5.72. The topological polar surface area (TPSA) is 63.2 Å². The molecule has 0 bridgehead atoms. The Morgan fingerprint density at radius 2 is 1.29 bits per heavy atom. The summed E-state index contributed by atoms with van der Waals surface area (Å²) < 4.78 is 0. The van der Waals surface area contributed by atoms with E-state index in [0.29, 0.717) is 0 Å². The molecule has 0 aliphatic carbocycles. The van der Waals surface area contributed by atoms with Crippen LogP contribution in [0.3, 0.4) is 0 Å². The van der Waals surface area contributed by atoms with Gasteiger partial charge in [-0.1, -0.05) is 0 Å². The molecule has 6 heteroatoms. The van der Waals surface area contributed by atoms with Crippen LogP contribution in [-0.4, -0.2) is 35.7 Å². The van der Waals surface area contributed by atoms with Crippen LogP contribution >= 0.6 is 0 Å². The monoisotopic (exact) mass is 114 g/mol. The summed E-state index contributed by atoms with van der Waals surface area (Å²) in [7, 11) is 0. The van der Waals surface area contributed by atoms with Gasteiger partial charge in [-0.2, -0.15) is 0 Å². The molecule has 26 valence electrons. The van der Waals surface area contributed by atoms with Gasteiger partial charge in [-0.3, -0.25) is 0 Å². The molecule has 0 aliphatic rings. The van der Waals surface area contributed by atoms with Gasteiger partial charge in [0, 0.05) is 0 Å². The molecule has 0 fully saturated rings. The van der Waals surface area contributed by atoms with Crippen LogP contribution in [0.25, 0.3) is 0 Å². The second-order valence-electron chi connectivity index (χ2n) is 0.250. The first-order valence-corrected chi connectivity index (χ1v) is 0.612. The Balaban J connectivity index is -0.0000000150. The molecule has 0 spiro atoms. The molecule has 3 nitrogen and oxygen atoms in total. The molecule has 0 N–H and O–H groups in total. The molecule has 0 saturated heterocycles. The molecule has 0 aromatic heterocycles. The van der Waals surface area contributed by atoms with E-state index in [-0.39, 0.29) is 78.0 Å². The zero-order chi connectivity index (χ0) is 3.58. The molecule has 0 aromatic carbocycles. The number of hydrogen-bond acceptors (Lipinski definition) is 3. The van der Waals surface area contributed by atoms with E-state index in [4.69, 9.17) is 15.0 Å². The second-order valence-corrected chi connectivity index (χ2v) is 0.250. The van der Waals surface area contributed by atoms with E-state index in [1.165, 1.54) is 0 Å². The predicted octanol–water partition coefficient (Wildman–Crippen LogP) is -9.09. The Morgan fingerprint density at radius 3 is 1.29 bits per heavy atom. The van der Waals surface area contributed by atoms with Crippen molar-refractivity contribution in [2.45, 2.75) is 0 Å². The number of carboxylic acid groups (broad SMARTS) is 2. The summed E-state index contributed by atoms with van der Waals surface area (Å²) in [5.41, 5.74) is 0. The Morgan fingerprint density at radius 1 is 1.29 bits per heavy atom. The van der Waals surface area contributed by atoms with Gasteiger partial charge >= 0.3 is 78.0 Å². The molecule has 0 heterocycles. The van der Waals surface area contributed by atoms with Gasteiger partial charge in [-0.15, -0.1) is 0 Å². The summed E-state index contributed by atoms with van der Waals surface area (Å²) in [6, 6.07) is 0. The van der Waals surface area contributed by atoms with Gasteiger partial charge < -0.3 is 15.0 Å². The van der Waals surface area contributed by atoms with Crippen LogP contribution in [0.15, 0.2) is 0 Å². The average Bonchev–Trinajstić information content (AvgIpc) is 0.811. The van der Waals surface area contributed by atoms with Crippen molar-refractivity contribution >= 4 is 35.7 Å². The van der Waals surface area contributed by atoms with E-state index >= 15 is 0 Å². The third-order valence-electron chi connectivity index (χ3n) is 0. The maximum atomic E-state index is 8.33. The SMILES string of the molecule is O=C([O-])[O-].[Li+].[Na+].[NaH]. The molecule has 7 heavy (non-hydrogen) atoms. The molecule has 0 amide bonds. The maximum absolute atomic E-state index is 8.33. The Bertz CT molecular complexity index is 35.9. The van der Waals surface area contributed by atoms with Gasteiger partial charge in [0.25, 0.3) is 0 Å². The van der Waals surface area contributed by atoms with Crippen LogP contribution in [0.1, 0.15) is 0 Å². The molecular weight excluding hydrogens is 113 g/mol. The molecule has 0 saturated carbocycles.